The molecule has 0 saturated carbocycles. The van der Waals surface area contributed by atoms with Crippen molar-refractivity contribution in [2.45, 2.75) is 55.4 Å². The maximum absolute atomic E-state index is 18.8. The lowest BCUT2D eigenvalue weighted by Gasteiger charge is -2.31. The highest BCUT2D eigenvalue weighted by molar-refractivity contribution is 6.28. The molecule has 0 bridgehead atoms. The fourth-order valence-electron chi connectivity index (χ4n) is 11.8. The van der Waals surface area contributed by atoms with Crippen LogP contribution in [0.1, 0.15) is 58.2 Å². The zero-order valence-corrected chi connectivity index (χ0v) is 43.5. The number of hydrogen-bond acceptors (Lipinski definition) is 2. The molecule has 12 aromatic rings. The van der Waals surface area contributed by atoms with Gasteiger partial charge in [-0.25, -0.2) is 8.78 Å². The van der Waals surface area contributed by atoms with Crippen molar-refractivity contribution in [1.82, 2.24) is 0 Å². The fraction of sp³-hybridized carbons (Fsp3) is 0.111. The van der Waals surface area contributed by atoms with E-state index in [9.17, 15) is 5.48 Å². The van der Waals surface area contributed by atoms with Crippen LogP contribution in [0, 0.1) is 67.0 Å². The number of aryl methyl sites for hydroxylation is 8. The molecule has 0 aromatic heterocycles. The smallest absolute Gasteiger partial charge is 0.155 e. The maximum Gasteiger partial charge on any atom is 0.155 e. The molecule has 12 rings (SSSR count). The van der Waals surface area contributed by atoms with Crippen molar-refractivity contribution in [3.63, 3.8) is 0 Å². The quantitative estimate of drug-likeness (QED) is 0.126. The van der Waals surface area contributed by atoms with E-state index < -0.39 is 72.1 Å². The van der Waals surface area contributed by atoms with Gasteiger partial charge in [-0.1, -0.05) is 145 Å². The van der Waals surface area contributed by atoms with E-state index in [-0.39, 0.29) is 45.3 Å². The number of nitrogens with zero attached hydrogens (tertiary/aromatic N) is 2. The Kier molecular flexibility index (Phi) is 9.51. The second-order valence-electron chi connectivity index (χ2n) is 20.0. The Morgan fingerprint density at radius 2 is 0.632 bits per heavy atom. The van der Waals surface area contributed by atoms with Gasteiger partial charge in [-0.3, -0.25) is 0 Å². The van der Waals surface area contributed by atoms with Gasteiger partial charge in [0.1, 0.15) is 0 Å². The van der Waals surface area contributed by atoms with Gasteiger partial charge >= 0.3 is 0 Å². The van der Waals surface area contributed by atoms with Crippen LogP contribution in [-0.4, -0.2) is 0 Å². The van der Waals surface area contributed by atoms with Crippen LogP contribution in [0.4, 0.5) is 42.9 Å². The standard InChI is InChI=1S/C72H58F2N2/c1-43-19-15-20-44(2)65(43)53-39-59(67-47(5)23-17-24-48(67)6)71(73)63(41-53)75(55-27-11-9-12-28-55)61-37-33-51-32-36-58-62(38-34-52-31-35-57(61)69(51)70(52)58)76(56-29-13-10-14-30-56)64-42-54(66-45(3)21-16-22-46(66)4)40-60(72(64)74)68-49(7)25-18-26-50(68)8/h9-42H,1-8H3/i9D,10D,11D,12D,13D,14D,27D,28D,29D,30D. The number of para-hydroxylation sites is 2. The summed E-state index contributed by atoms with van der Waals surface area (Å²) < 4.78 is 130. The van der Waals surface area contributed by atoms with Gasteiger partial charge in [-0.15, -0.1) is 0 Å². The first-order valence-corrected chi connectivity index (χ1v) is 25.4. The first kappa shape index (κ1) is 37.8. The third-order valence-electron chi connectivity index (χ3n) is 15.2. The lowest BCUT2D eigenvalue weighted by molar-refractivity contribution is 0.632. The monoisotopic (exact) mass is 999 g/mol. The van der Waals surface area contributed by atoms with Crippen LogP contribution < -0.4 is 9.80 Å². The molecule has 0 aliphatic heterocycles. The normalized spacial score (nSPS) is 13.4. The highest BCUT2D eigenvalue weighted by Gasteiger charge is 2.29. The number of anilines is 6. The van der Waals surface area contributed by atoms with Crippen molar-refractivity contribution in [3.8, 4) is 44.5 Å². The van der Waals surface area contributed by atoms with Gasteiger partial charge < -0.3 is 9.80 Å². The molecule has 0 aliphatic carbocycles. The van der Waals surface area contributed by atoms with Gasteiger partial charge in [0.05, 0.1) is 36.5 Å². The molecule has 370 valence electrons. The minimum Gasteiger partial charge on any atom is -0.307 e. The molecule has 0 fully saturated rings. The van der Waals surface area contributed by atoms with Crippen LogP contribution in [-0.2, 0) is 0 Å². The van der Waals surface area contributed by atoms with E-state index in [2.05, 4.69) is 0 Å². The maximum atomic E-state index is 18.8. The predicted octanol–water partition coefficient (Wildman–Crippen LogP) is 20.9. The van der Waals surface area contributed by atoms with Crippen LogP contribution in [0.3, 0.4) is 0 Å². The van der Waals surface area contributed by atoms with Gasteiger partial charge in [-0.05, 0) is 215 Å². The molecule has 0 N–H and O–H groups in total. The van der Waals surface area contributed by atoms with Crippen LogP contribution in [0.25, 0.3) is 76.8 Å². The molecule has 2 nitrogen and oxygen atoms in total. The van der Waals surface area contributed by atoms with Crippen LogP contribution >= 0.6 is 0 Å². The van der Waals surface area contributed by atoms with Crippen molar-refractivity contribution < 1.29 is 22.5 Å². The lowest BCUT2D eigenvalue weighted by Crippen LogP contribution is -2.14. The van der Waals surface area contributed by atoms with E-state index in [1.54, 1.807) is 24.3 Å². The van der Waals surface area contributed by atoms with E-state index in [0.717, 1.165) is 55.6 Å². The van der Waals surface area contributed by atoms with Gasteiger partial charge in [0.25, 0.3) is 0 Å². The van der Waals surface area contributed by atoms with Crippen LogP contribution in [0.15, 0.2) is 206 Å². The summed E-state index contributed by atoms with van der Waals surface area (Å²) in [6.07, 6.45) is 0. The van der Waals surface area contributed by atoms with E-state index in [1.807, 2.05) is 177 Å². The summed E-state index contributed by atoms with van der Waals surface area (Å²) in [5, 5.41) is 3.61. The van der Waals surface area contributed by atoms with Crippen molar-refractivity contribution in [2.24, 2.45) is 0 Å². The minimum atomic E-state index is -0.697. The van der Waals surface area contributed by atoms with Gasteiger partial charge in [0.2, 0.25) is 0 Å². The molecular formula is C72H58F2N2. The van der Waals surface area contributed by atoms with E-state index >= 15 is 8.78 Å². The summed E-state index contributed by atoms with van der Waals surface area (Å²) in [5.74, 6) is -1.39. The summed E-state index contributed by atoms with van der Waals surface area (Å²) in [7, 11) is 0. The lowest BCUT2D eigenvalue weighted by atomic mass is 9.88. The molecule has 0 aliphatic rings. The zero-order chi connectivity index (χ0) is 61.2. The highest BCUT2D eigenvalue weighted by Crippen LogP contribution is 2.51. The summed E-state index contributed by atoms with van der Waals surface area (Å²) in [4.78, 5) is 2.89. The molecule has 0 atom stereocenters. The molecule has 4 heteroatoms. The van der Waals surface area contributed by atoms with Gasteiger partial charge in [0, 0.05) is 33.3 Å². The zero-order valence-electron chi connectivity index (χ0n) is 53.5. The number of benzene rings is 12. The number of halogens is 2. The number of hydrogen-bond donors (Lipinski definition) is 0. The minimum absolute atomic E-state index is 0.0802. The first-order valence-electron chi connectivity index (χ1n) is 30.4. The molecule has 12 aromatic carbocycles. The Morgan fingerprint density at radius 3 is 0.961 bits per heavy atom. The Balaban J connectivity index is 1.22. The van der Waals surface area contributed by atoms with Gasteiger partial charge in [0.15, 0.2) is 11.6 Å². The highest BCUT2D eigenvalue weighted by atomic mass is 19.1. The second-order valence-corrected chi connectivity index (χ2v) is 20.0. The average Bonchev–Trinajstić information content (AvgIpc) is 0.986. The Labute approximate surface area is 459 Å². The largest absolute Gasteiger partial charge is 0.307 e. The molecule has 76 heavy (non-hydrogen) atoms. The molecule has 0 unspecified atom stereocenters. The average molecular weight is 999 g/mol. The molecular weight excluding hydrogens is 931 g/mol. The molecule has 0 amide bonds. The second kappa shape index (κ2) is 19.1. The van der Waals surface area contributed by atoms with Crippen molar-refractivity contribution >= 4 is 66.4 Å². The van der Waals surface area contributed by atoms with Gasteiger partial charge in [-0.2, -0.15) is 0 Å². The summed E-state index contributed by atoms with van der Waals surface area (Å²) >= 11 is 0. The third-order valence-corrected chi connectivity index (χ3v) is 15.2. The Hall–Kier alpha value is -8.86. The van der Waals surface area contributed by atoms with Crippen molar-refractivity contribution in [2.75, 3.05) is 9.80 Å². The van der Waals surface area contributed by atoms with Crippen LogP contribution in [0.5, 0.6) is 0 Å². The fourth-order valence-corrected chi connectivity index (χ4v) is 11.8. The first-order chi connectivity index (χ1) is 41.0. The third kappa shape index (κ3) is 7.99. The summed E-state index contributed by atoms with van der Waals surface area (Å²) in [6, 6.07) is 39.0. The van der Waals surface area contributed by atoms with Crippen molar-refractivity contribution in [1.29, 1.82) is 0 Å². The van der Waals surface area contributed by atoms with Crippen LogP contribution in [0.2, 0.25) is 0 Å². The predicted molar refractivity (Wildman–Crippen MR) is 319 cm³/mol. The topological polar surface area (TPSA) is 6.48 Å². The SMILES string of the molecule is [2H]c1c([2H])c([2H])c(N(c2cc(-c3c(C)cccc3C)cc(-c3c(C)cccc3C)c2F)c2ccc3ccc4c(N(c5cc(-c6c(C)cccc6C)cc(-c6c(C)cccc6C)c5F)c5c([2H])c([2H])c([2H])c([2H])c5[2H])ccc5ccc2c3c54)c([2H])c1[2H]. The molecule has 0 spiro atoms. The van der Waals surface area contributed by atoms with Crippen molar-refractivity contribution in [3.05, 3.63) is 262 Å². The molecule has 0 radical (unpaired) electrons. The molecule has 0 heterocycles. The summed E-state index contributed by atoms with van der Waals surface area (Å²) in [5.41, 5.74) is 11.4. The number of rotatable bonds is 10. The van der Waals surface area contributed by atoms with E-state index in [0.29, 0.717) is 54.6 Å². The Morgan fingerprint density at radius 1 is 0.329 bits per heavy atom. The molecule has 0 saturated heterocycles. The Bertz CT molecular complexity index is 4420. The van der Waals surface area contributed by atoms with E-state index in [4.69, 9.17) is 8.22 Å². The summed E-state index contributed by atoms with van der Waals surface area (Å²) in [6.45, 7) is 15.6. The van der Waals surface area contributed by atoms with E-state index in [1.165, 1.54) is 9.80 Å².